The molecule has 0 radical (unpaired) electrons. The van der Waals surface area contributed by atoms with Crippen LogP contribution in [0.25, 0.3) is 6.08 Å². The van der Waals surface area contributed by atoms with Crippen molar-refractivity contribution in [2.75, 3.05) is 4.90 Å². The molecule has 0 bridgehead atoms. The van der Waals surface area contributed by atoms with Gasteiger partial charge in [-0.05, 0) is 59.5 Å². The number of hydrogen-bond donors (Lipinski definition) is 0. The summed E-state index contributed by atoms with van der Waals surface area (Å²) in [5.74, 6) is -0.0301. The minimum Gasteiger partial charge on any atom is -0.268 e. The molecule has 3 aromatic carbocycles. The maximum atomic E-state index is 13.5. The lowest BCUT2D eigenvalue weighted by atomic mass is 10.1. The maximum Gasteiger partial charge on any atom is 0.271 e. The van der Waals surface area contributed by atoms with Crippen LogP contribution in [0.15, 0.2) is 88.8 Å². The van der Waals surface area contributed by atoms with Crippen LogP contribution < -0.4 is 4.90 Å². The van der Waals surface area contributed by atoms with Gasteiger partial charge in [0.25, 0.3) is 5.91 Å². The Hall–Kier alpha value is -3.11. The first-order valence-corrected chi connectivity index (χ1v) is 11.1. The van der Waals surface area contributed by atoms with Crippen molar-refractivity contribution in [1.82, 2.24) is 0 Å². The molecular formula is C26H24N2OS. The molecule has 0 saturated carbocycles. The van der Waals surface area contributed by atoms with Crippen LogP contribution >= 0.6 is 11.8 Å². The zero-order valence-corrected chi connectivity index (χ0v) is 18.0. The molecule has 150 valence electrons. The lowest BCUT2D eigenvalue weighted by molar-refractivity contribution is -0.113. The Morgan fingerprint density at radius 3 is 2.20 bits per heavy atom. The van der Waals surface area contributed by atoms with Crippen LogP contribution in [0.1, 0.15) is 30.5 Å². The lowest BCUT2D eigenvalue weighted by Gasteiger charge is -2.19. The first-order chi connectivity index (χ1) is 14.7. The molecule has 1 saturated heterocycles. The topological polar surface area (TPSA) is 32.7 Å². The van der Waals surface area contributed by atoms with Crippen molar-refractivity contribution in [1.29, 1.82) is 0 Å². The van der Waals surface area contributed by atoms with E-state index in [9.17, 15) is 4.79 Å². The number of amidine groups is 1. The van der Waals surface area contributed by atoms with Crippen LogP contribution in [0.3, 0.4) is 0 Å². The summed E-state index contributed by atoms with van der Waals surface area (Å²) in [5, 5.41) is 0.698. The number of amides is 1. The van der Waals surface area contributed by atoms with E-state index < -0.39 is 0 Å². The quantitative estimate of drug-likeness (QED) is 0.441. The maximum absolute atomic E-state index is 13.5. The number of carbonyl (C=O) groups excluding carboxylic acids is 1. The molecule has 0 aromatic heterocycles. The predicted octanol–water partition coefficient (Wildman–Crippen LogP) is 6.62. The van der Waals surface area contributed by atoms with E-state index in [1.165, 1.54) is 17.3 Å². The molecule has 0 aliphatic carbocycles. The number of aryl methyl sites for hydroxylation is 2. The molecule has 4 heteroatoms. The molecule has 1 fully saturated rings. The van der Waals surface area contributed by atoms with E-state index in [0.717, 1.165) is 35.3 Å². The van der Waals surface area contributed by atoms with Crippen molar-refractivity contribution < 1.29 is 4.79 Å². The minimum absolute atomic E-state index is 0.0301. The van der Waals surface area contributed by atoms with E-state index in [2.05, 4.69) is 26.0 Å². The molecule has 3 aromatic rings. The van der Waals surface area contributed by atoms with Gasteiger partial charge >= 0.3 is 0 Å². The second kappa shape index (κ2) is 9.14. The van der Waals surface area contributed by atoms with E-state index in [1.54, 1.807) is 4.90 Å². The van der Waals surface area contributed by atoms with E-state index in [-0.39, 0.29) is 5.91 Å². The highest BCUT2D eigenvalue weighted by Gasteiger charge is 2.35. The lowest BCUT2D eigenvalue weighted by Crippen LogP contribution is -2.29. The van der Waals surface area contributed by atoms with Crippen LogP contribution in [0.2, 0.25) is 0 Å². The fraction of sp³-hybridized carbons (Fsp3) is 0.154. The molecule has 0 atom stereocenters. The molecule has 1 aliphatic rings. The summed E-state index contributed by atoms with van der Waals surface area (Å²) in [6.45, 7) is 4.23. The third kappa shape index (κ3) is 4.10. The van der Waals surface area contributed by atoms with E-state index in [0.29, 0.717) is 10.1 Å². The van der Waals surface area contributed by atoms with Gasteiger partial charge in [0.2, 0.25) is 0 Å². The SMILES string of the molecule is CCc1ccccc1N=C1S/C(=C\c2ccccc2)C(=O)N1c1ccccc1CC. The van der Waals surface area contributed by atoms with Gasteiger partial charge in [-0.1, -0.05) is 80.6 Å². The van der Waals surface area contributed by atoms with Gasteiger partial charge in [-0.2, -0.15) is 0 Å². The summed E-state index contributed by atoms with van der Waals surface area (Å²) in [6, 6.07) is 26.1. The van der Waals surface area contributed by atoms with Gasteiger partial charge in [0.05, 0.1) is 16.3 Å². The molecule has 0 spiro atoms. The summed E-state index contributed by atoms with van der Waals surface area (Å²) in [5.41, 5.74) is 5.12. The fourth-order valence-electron chi connectivity index (χ4n) is 3.51. The van der Waals surface area contributed by atoms with Crippen molar-refractivity contribution in [2.24, 2.45) is 4.99 Å². The van der Waals surface area contributed by atoms with Crippen molar-refractivity contribution in [3.05, 3.63) is 100 Å². The van der Waals surface area contributed by atoms with Crippen LogP contribution in [0.5, 0.6) is 0 Å². The second-order valence-corrected chi connectivity index (χ2v) is 8.03. The highest BCUT2D eigenvalue weighted by atomic mass is 32.2. The molecule has 4 rings (SSSR count). The number of nitrogens with zero attached hydrogens (tertiary/aromatic N) is 2. The van der Waals surface area contributed by atoms with Crippen molar-refractivity contribution in [2.45, 2.75) is 26.7 Å². The summed E-state index contributed by atoms with van der Waals surface area (Å²) >= 11 is 1.44. The van der Waals surface area contributed by atoms with Crippen LogP contribution in [0, 0.1) is 0 Å². The van der Waals surface area contributed by atoms with Crippen LogP contribution in [-0.2, 0) is 17.6 Å². The van der Waals surface area contributed by atoms with Gasteiger partial charge in [-0.3, -0.25) is 9.69 Å². The normalized spacial score (nSPS) is 16.6. The average Bonchev–Trinajstić information content (AvgIpc) is 3.09. The Kier molecular flexibility index (Phi) is 6.15. The smallest absolute Gasteiger partial charge is 0.268 e. The molecular weight excluding hydrogens is 388 g/mol. The number of rotatable bonds is 5. The van der Waals surface area contributed by atoms with Gasteiger partial charge in [-0.15, -0.1) is 0 Å². The Bertz CT molecular complexity index is 1120. The molecule has 1 amide bonds. The Morgan fingerprint density at radius 1 is 0.833 bits per heavy atom. The Labute approximate surface area is 182 Å². The number of benzene rings is 3. The fourth-order valence-corrected chi connectivity index (χ4v) is 4.50. The summed E-state index contributed by atoms with van der Waals surface area (Å²) in [7, 11) is 0. The largest absolute Gasteiger partial charge is 0.271 e. The highest BCUT2D eigenvalue weighted by Crippen LogP contribution is 2.39. The van der Waals surface area contributed by atoms with Crippen LogP contribution in [-0.4, -0.2) is 11.1 Å². The third-order valence-corrected chi connectivity index (χ3v) is 6.07. The summed E-state index contributed by atoms with van der Waals surface area (Å²) in [6.07, 6.45) is 3.69. The van der Waals surface area contributed by atoms with Crippen molar-refractivity contribution >= 4 is 40.3 Å². The number of aliphatic imine (C=N–C) groups is 1. The molecule has 30 heavy (non-hydrogen) atoms. The number of thioether (sulfide) groups is 1. The third-order valence-electron chi connectivity index (χ3n) is 5.11. The number of hydrogen-bond acceptors (Lipinski definition) is 3. The predicted molar refractivity (Wildman–Crippen MR) is 128 cm³/mol. The molecule has 1 heterocycles. The van der Waals surface area contributed by atoms with Crippen molar-refractivity contribution in [3.63, 3.8) is 0 Å². The second-order valence-electron chi connectivity index (χ2n) is 7.02. The first kappa shape index (κ1) is 20.2. The zero-order valence-electron chi connectivity index (χ0n) is 17.2. The highest BCUT2D eigenvalue weighted by molar-refractivity contribution is 8.19. The zero-order chi connectivity index (χ0) is 20.9. The van der Waals surface area contributed by atoms with E-state index in [1.807, 2.05) is 72.8 Å². The van der Waals surface area contributed by atoms with Gasteiger partial charge in [0, 0.05) is 0 Å². The standard InChI is InChI=1S/C26H24N2OS/c1-3-20-14-8-10-16-22(20)27-26-28(23-17-11-9-15-21(23)4-2)25(29)24(30-26)18-19-12-6-5-7-13-19/h5-18H,3-4H2,1-2H3/b24-18-,27-26?. The summed E-state index contributed by atoms with van der Waals surface area (Å²) < 4.78 is 0. The van der Waals surface area contributed by atoms with Gasteiger partial charge in [0.1, 0.15) is 0 Å². The van der Waals surface area contributed by atoms with Crippen LogP contribution in [0.4, 0.5) is 11.4 Å². The molecule has 3 nitrogen and oxygen atoms in total. The number of anilines is 1. The average molecular weight is 413 g/mol. The number of para-hydroxylation sites is 2. The van der Waals surface area contributed by atoms with E-state index in [4.69, 9.17) is 4.99 Å². The van der Waals surface area contributed by atoms with Crippen molar-refractivity contribution in [3.8, 4) is 0 Å². The van der Waals surface area contributed by atoms with Gasteiger partial charge in [-0.25, -0.2) is 4.99 Å². The van der Waals surface area contributed by atoms with Gasteiger partial charge in [0.15, 0.2) is 5.17 Å². The molecule has 0 unspecified atom stereocenters. The number of carbonyl (C=O) groups is 1. The first-order valence-electron chi connectivity index (χ1n) is 10.2. The molecule has 1 aliphatic heterocycles. The van der Waals surface area contributed by atoms with Gasteiger partial charge < -0.3 is 0 Å². The Morgan fingerprint density at radius 2 is 1.47 bits per heavy atom. The summed E-state index contributed by atoms with van der Waals surface area (Å²) in [4.78, 5) is 20.9. The molecule has 0 N–H and O–H groups in total. The van der Waals surface area contributed by atoms with E-state index >= 15 is 0 Å². The minimum atomic E-state index is -0.0301. The Balaban J connectivity index is 1.84. The monoisotopic (exact) mass is 412 g/mol.